The Morgan fingerprint density at radius 3 is 2.63 bits per heavy atom. The highest BCUT2D eigenvalue weighted by Gasteiger charge is 2.13. The van der Waals surface area contributed by atoms with Crippen LogP contribution in [0.2, 0.25) is 5.02 Å². The van der Waals surface area contributed by atoms with Gasteiger partial charge in [-0.1, -0.05) is 41.9 Å². The molecule has 30 heavy (non-hydrogen) atoms. The second-order valence-corrected chi connectivity index (χ2v) is 6.94. The van der Waals surface area contributed by atoms with Crippen molar-refractivity contribution in [2.75, 3.05) is 5.32 Å². The van der Waals surface area contributed by atoms with E-state index in [1.165, 1.54) is 18.2 Å². The van der Waals surface area contributed by atoms with E-state index in [0.29, 0.717) is 11.6 Å². The van der Waals surface area contributed by atoms with Crippen molar-refractivity contribution in [1.29, 1.82) is 0 Å². The molecule has 0 atom stereocenters. The van der Waals surface area contributed by atoms with Crippen LogP contribution in [0.4, 0.5) is 14.5 Å². The van der Waals surface area contributed by atoms with Gasteiger partial charge >= 0.3 is 6.61 Å². The summed E-state index contributed by atoms with van der Waals surface area (Å²) >= 11 is 6.23. The van der Waals surface area contributed by atoms with Crippen LogP contribution in [0.3, 0.4) is 0 Å². The Morgan fingerprint density at radius 2 is 1.90 bits per heavy atom. The molecule has 156 valence electrons. The van der Waals surface area contributed by atoms with Crippen LogP contribution < -0.4 is 10.1 Å². The Labute approximate surface area is 177 Å². The summed E-state index contributed by atoms with van der Waals surface area (Å²) in [6.07, 6.45) is 2.97. The van der Waals surface area contributed by atoms with Crippen molar-refractivity contribution < 1.29 is 18.3 Å². The topological polar surface area (TPSA) is 56.2 Å². The first-order valence-corrected chi connectivity index (χ1v) is 9.53. The van der Waals surface area contributed by atoms with Gasteiger partial charge in [0, 0.05) is 22.4 Å². The first-order chi connectivity index (χ1) is 14.3. The summed E-state index contributed by atoms with van der Waals surface area (Å²) in [4.78, 5) is 12.3. The number of amides is 1. The molecule has 0 spiro atoms. The molecule has 3 aromatic rings. The number of carbonyl (C=O) groups is 1. The van der Waals surface area contributed by atoms with Gasteiger partial charge < -0.3 is 10.1 Å². The Morgan fingerprint density at radius 1 is 1.20 bits per heavy atom. The van der Waals surface area contributed by atoms with Crippen LogP contribution in [0, 0.1) is 13.8 Å². The molecule has 5 nitrogen and oxygen atoms in total. The Bertz CT molecular complexity index is 1080. The van der Waals surface area contributed by atoms with E-state index in [2.05, 4.69) is 15.2 Å². The molecule has 0 aliphatic heterocycles. The Hall–Kier alpha value is -3.19. The van der Waals surface area contributed by atoms with E-state index in [1.807, 2.05) is 42.8 Å². The zero-order chi connectivity index (χ0) is 21.7. The fraction of sp³-hybridized carbons (Fsp3) is 0.182. The monoisotopic (exact) mass is 431 g/mol. The number of alkyl halides is 2. The molecule has 0 saturated carbocycles. The standard InChI is InChI=1S/C22H20ClF2N3O2/c1-14-17(15(2)28(27-14)13-16-7-3-4-8-18(16)23)11-12-21(29)26-19-9-5-6-10-20(19)30-22(24)25/h3-12,22H,13H2,1-2H3,(H,26,29)/b12-11+. The average Bonchev–Trinajstić information content (AvgIpc) is 2.96. The first-order valence-electron chi connectivity index (χ1n) is 9.15. The smallest absolute Gasteiger partial charge is 0.387 e. The SMILES string of the molecule is Cc1nn(Cc2ccccc2Cl)c(C)c1/C=C/C(=O)Nc1ccccc1OC(F)F. The fourth-order valence-electron chi connectivity index (χ4n) is 3.00. The number of carbonyl (C=O) groups excluding carboxylic acids is 1. The lowest BCUT2D eigenvalue weighted by atomic mass is 10.1. The number of hydrogen-bond acceptors (Lipinski definition) is 3. The van der Waals surface area contributed by atoms with Crippen molar-refractivity contribution in [2.24, 2.45) is 0 Å². The van der Waals surface area contributed by atoms with Crippen LogP contribution >= 0.6 is 11.6 Å². The minimum Gasteiger partial charge on any atom is -0.433 e. The molecule has 1 aromatic heterocycles. The van der Waals surface area contributed by atoms with E-state index in [1.54, 1.807) is 18.2 Å². The van der Waals surface area contributed by atoms with Gasteiger partial charge in [0.25, 0.3) is 0 Å². The third-order valence-corrected chi connectivity index (χ3v) is 4.85. The van der Waals surface area contributed by atoms with Gasteiger partial charge in [-0.15, -0.1) is 0 Å². The second-order valence-electron chi connectivity index (χ2n) is 6.53. The molecule has 1 heterocycles. The molecule has 3 rings (SSSR count). The summed E-state index contributed by atoms with van der Waals surface area (Å²) in [5, 5.41) is 7.74. The summed E-state index contributed by atoms with van der Waals surface area (Å²) in [6.45, 7) is 1.28. The minimum absolute atomic E-state index is 0.103. The Kier molecular flexibility index (Phi) is 6.84. The maximum atomic E-state index is 12.5. The second kappa shape index (κ2) is 9.54. The summed E-state index contributed by atoms with van der Waals surface area (Å²) < 4.78 is 31.3. The minimum atomic E-state index is -2.98. The van der Waals surface area contributed by atoms with Gasteiger partial charge in [0.2, 0.25) is 5.91 Å². The summed E-state index contributed by atoms with van der Waals surface area (Å²) in [5.41, 5.74) is 3.53. The zero-order valence-electron chi connectivity index (χ0n) is 16.4. The molecule has 1 amide bonds. The summed E-state index contributed by atoms with van der Waals surface area (Å²) in [5.74, 6) is -0.577. The zero-order valence-corrected chi connectivity index (χ0v) is 17.2. The van der Waals surface area contributed by atoms with E-state index < -0.39 is 12.5 Å². The number of para-hydroxylation sites is 2. The Balaban J connectivity index is 1.74. The number of anilines is 1. The fourth-order valence-corrected chi connectivity index (χ4v) is 3.19. The molecule has 0 aliphatic carbocycles. The molecular formula is C22H20ClF2N3O2. The summed E-state index contributed by atoms with van der Waals surface area (Å²) in [7, 11) is 0. The van der Waals surface area contributed by atoms with Crippen LogP contribution in [0.5, 0.6) is 5.75 Å². The third-order valence-electron chi connectivity index (χ3n) is 4.48. The largest absolute Gasteiger partial charge is 0.433 e. The third kappa shape index (κ3) is 5.24. The number of halogens is 3. The number of hydrogen-bond donors (Lipinski definition) is 1. The van der Waals surface area contributed by atoms with E-state index >= 15 is 0 Å². The molecule has 0 fully saturated rings. The van der Waals surface area contributed by atoms with E-state index in [9.17, 15) is 13.6 Å². The molecule has 0 saturated heterocycles. The normalized spacial score (nSPS) is 11.3. The van der Waals surface area contributed by atoms with E-state index in [-0.39, 0.29) is 11.4 Å². The highest BCUT2D eigenvalue weighted by Crippen LogP contribution is 2.26. The van der Waals surface area contributed by atoms with Gasteiger partial charge in [0.1, 0.15) is 5.75 Å². The van der Waals surface area contributed by atoms with Crippen LogP contribution in [0.1, 0.15) is 22.5 Å². The van der Waals surface area contributed by atoms with Gasteiger partial charge in [-0.25, -0.2) is 0 Å². The van der Waals surface area contributed by atoms with Crippen molar-refractivity contribution in [1.82, 2.24) is 9.78 Å². The molecule has 0 bridgehead atoms. The van der Waals surface area contributed by atoms with Crippen LogP contribution in [0.25, 0.3) is 6.08 Å². The van der Waals surface area contributed by atoms with Crippen molar-refractivity contribution in [3.8, 4) is 5.75 Å². The van der Waals surface area contributed by atoms with Gasteiger partial charge in [-0.3, -0.25) is 9.48 Å². The van der Waals surface area contributed by atoms with Crippen LogP contribution in [-0.2, 0) is 11.3 Å². The highest BCUT2D eigenvalue weighted by molar-refractivity contribution is 6.31. The van der Waals surface area contributed by atoms with Gasteiger partial charge in [0.15, 0.2) is 0 Å². The van der Waals surface area contributed by atoms with Crippen LogP contribution in [-0.4, -0.2) is 22.3 Å². The quantitative estimate of drug-likeness (QED) is 0.506. The molecule has 1 N–H and O–H groups in total. The van der Waals surface area contributed by atoms with Crippen molar-refractivity contribution >= 4 is 29.3 Å². The van der Waals surface area contributed by atoms with Gasteiger partial charge in [-0.2, -0.15) is 13.9 Å². The first kappa shape index (κ1) is 21.5. The summed E-state index contributed by atoms with van der Waals surface area (Å²) in [6, 6.07) is 13.5. The number of benzene rings is 2. The molecule has 0 aliphatic rings. The molecule has 0 radical (unpaired) electrons. The van der Waals surface area contributed by atoms with Crippen molar-refractivity contribution in [3.63, 3.8) is 0 Å². The maximum Gasteiger partial charge on any atom is 0.387 e. The lowest BCUT2D eigenvalue weighted by Gasteiger charge is -2.10. The van der Waals surface area contributed by atoms with Crippen LogP contribution in [0.15, 0.2) is 54.6 Å². The predicted molar refractivity (Wildman–Crippen MR) is 113 cm³/mol. The number of aryl methyl sites for hydroxylation is 1. The molecule has 8 heteroatoms. The molecule has 2 aromatic carbocycles. The molecular weight excluding hydrogens is 412 g/mol. The number of nitrogens with one attached hydrogen (secondary N) is 1. The molecule has 0 unspecified atom stereocenters. The van der Waals surface area contributed by atoms with Gasteiger partial charge in [0.05, 0.1) is 17.9 Å². The predicted octanol–water partition coefficient (Wildman–Crippen LogP) is 5.45. The van der Waals surface area contributed by atoms with E-state index in [4.69, 9.17) is 11.6 Å². The van der Waals surface area contributed by atoms with Gasteiger partial charge in [-0.05, 0) is 43.7 Å². The number of nitrogens with zero attached hydrogens (tertiary/aromatic N) is 2. The van der Waals surface area contributed by atoms with Crippen molar-refractivity contribution in [2.45, 2.75) is 27.0 Å². The van der Waals surface area contributed by atoms with Crippen molar-refractivity contribution in [3.05, 3.63) is 82.1 Å². The number of aromatic nitrogens is 2. The average molecular weight is 432 g/mol. The lowest BCUT2D eigenvalue weighted by Crippen LogP contribution is -2.11. The highest BCUT2D eigenvalue weighted by atomic mass is 35.5. The van der Waals surface area contributed by atoms with E-state index in [0.717, 1.165) is 22.5 Å². The number of rotatable bonds is 7. The lowest BCUT2D eigenvalue weighted by molar-refractivity contribution is -0.111. The number of ether oxygens (including phenoxy) is 1. The maximum absolute atomic E-state index is 12.5.